The van der Waals surface area contributed by atoms with Gasteiger partial charge in [-0.1, -0.05) is 43.7 Å². The molecule has 6 atom stereocenters. The van der Waals surface area contributed by atoms with Gasteiger partial charge >= 0.3 is 0 Å². The summed E-state index contributed by atoms with van der Waals surface area (Å²) >= 11 is 7.82. The Morgan fingerprint density at radius 3 is 2.88 bits per heavy atom. The number of nitrogens with one attached hydrogen (secondary N) is 1. The minimum absolute atomic E-state index is 0.0511. The van der Waals surface area contributed by atoms with Crippen LogP contribution in [0.3, 0.4) is 0 Å². The molecule has 214 valence electrons. The first-order chi connectivity index (χ1) is 19.4. The predicted octanol–water partition coefficient (Wildman–Crippen LogP) is 6.80. The summed E-state index contributed by atoms with van der Waals surface area (Å²) in [6.07, 6.45) is 10.8. The molecule has 7 heteroatoms. The van der Waals surface area contributed by atoms with Gasteiger partial charge in [0, 0.05) is 46.9 Å². The first-order valence-corrected chi connectivity index (χ1v) is 16.1. The van der Waals surface area contributed by atoms with Crippen molar-refractivity contribution < 1.29 is 14.6 Å². The maximum atomic E-state index is 13.0. The highest BCUT2D eigenvalue weighted by Gasteiger charge is 2.44. The highest BCUT2D eigenvalue weighted by molar-refractivity contribution is 7.98. The molecule has 1 saturated carbocycles. The van der Waals surface area contributed by atoms with Gasteiger partial charge in [-0.05, 0) is 110 Å². The van der Waals surface area contributed by atoms with Gasteiger partial charge < -0.3 is 14.7 Å². The molecule has 1 spiro atoms. The SMILES string of the molecule is CC1C/C=C/C(CO)C2CCC2CN2C[C@@]3(CCCc4cc(Cl)ccc43)COc3ccc(cc32)SNC(=O)C1C. The molecule has 1 fully saturated rings. The Kier molecular flexibility index (Phi) is 8.13. The average Bonchev–Trinajstić information content (AvgIpc) is 3.09. The molecule has 2 aliphatic heterocycles. The first kappa shape index (κ1) is 28.0. The van der Waals surface area contributed by atoms with Crippen molar-refractivity contribution in [2.24, 2.45) is 29.6 Å². The number of amides is 1. The highest BCUT2D eigenvalue weighted by atomic mass is 35.5. The fourth-order valence-electron chi connectivity index (χ4n) is 7.30. The van der Waals surface area contributed by atoms with Gasteiger partial charge in [0.25, 0.3) is 0 Å². The van der Waals surface area contributed by atoms with Crippen LogP contribution >= 0.6 is 23.5 Å². The summed E-state index contributed by atoms with van der Waals surface area (Å²) in [4.78, 5) is 16.6. The number of hydrogen-bond donors (Lipinski definition) is 2. The molecule has 4 aliphatic rings. The number of aliphatic hydroxyl groups is 1. The van der Waals surface area contributed by atoms with E-state index in [2.05, 4.69) is 59.0 Å². The van der Waals surface area contributed by atoms with Crippen molar-refractivity contribution in [3.8, 4) is 5.75 Å². The normalized spacial score (nSPS) is 33.0. The maximum absolute atomic E-state index is 13.0. The van der Waals surface area contributed by atoms with E-state index in [0.717, 1.165) is 66.5 Å². The molecule has 2 heterocycles. The van der Waals surface area contributed by atoms with Crippen LogP contribution in [0.25, 0.3) is 0 Å². The van der Waals surface area contributed by atoms with Crippen molar-refractivity contribution in [1.29, 1.82) is 0 Å². The summed E-state index contributed by atoms with van der Waals surface area (Å²) in [5.74, 6) is 2.21. The second-order valence-corrected chi connectivity index (χ2v) is 13.9. The van der Waals surface area contributed by atoms with Crippen LogP contribution < -0.4 is 14.4 Å². The number of carbonyl (C=O) groups excluding carboxylic acids is 1. The number of fused-ring (bicyclic) bond motifs is 4. The molecule has 5 nitrogen and oxygen atoms in total. The number of halogens is 1. The van der Waals surface area contributed by atoms with Crippen molar-refractivity contribution in [3.63, 3.8) is 0 Å². The fourth-order valence-corrected chi connectivity index (χ4v) is 8.20. The minimum Gasteiger partial charge on any atom is -0.490 e. The monoisotopic (exact) mass is 580 g/mol. The molecule has 2 aliphatic carbocycles. The lowest BCUT2D eigenvalue weighted by Gasteiger charge is -2.46. The predicted molar refractivity (Wildman–Crippen MR) is 163 cm³/mol. The Bertz CT molecular complexity index is 1280. The topological polar surface area (TPSA) is 61.8 Å². The molecule has 0 saturated heterocycles. The number of carbonyl (C=O) groups is 1. The molecule has 2 N–H and O–H groups in total. The van der Waals surface area contributed by atoms with Gasteiger partial charge in [-0.15, -0.1) is 0 Å². The number of aliphatic hydroxyl groups excluding tert-OH is 1. The van der Waals surface area contributed by atoms with Gasteiger partial charge in [-0.3, -0.25) is 9.52 Å². The Labute approximate surface area is 247 Å². The van der Waals surface area contributed by atoms with E-state index in [0.29, 0.717) is 18.4 Å². The number of aryl methyl sites for hydroxylation is 1. The minimum atomic E-state index is -0.110. The molecule has 2 aromatic carbocycles. The summed E-state index contributed by atoms with van der Waals surface area (Å²) in [7, 11) is 0. The molecule has 0 radical (unpaired) electrons. The van der Waals surface area contributed by atoms with E-state index >= 15 is 0 Å². The Morgan fingerprint density at radius 1 is 1.20 bits per heavy atom. The standard InChI is InChI=1S/C33H41ClN2O3S/c1-21-5-3-6-25(18-37)28-11-8-24(28)17-36-19-33(14-4-7-23-15-26(34)9-12-29(23)33)20-39-31-13-10-27(16-30(31)36)40-35-32(38)22(21)2/h3,6,9-10,12-13,15-16,21-22,24-25,28,37H,4-5,7-8,11,14,17-20H2,1-2H3,(H,35,38)/b6-3+/t21?,22?,24?,25?,28?,33-/m0/s1. The lowest BCUT2D eigenvalue weighted by atomic mass is 9.66. The summed E-state index contributed by atoms with van der Waals surface area (Å²) in [6, 6.07) is 12.7. The summed E-state index contributed by atoms with van der Waals surface area (Å²) in [5.41, 5.74) is 3.71. The lowest BCUT2D eigenvalue weighted by Crippen LogP contribution is -2.49. The molecule has 0 aromatic heterocycles. The second kappa shape index (κ2) is 11.6. The molecule has 5 unspecified atom stereocenters. The van der Waals surface area contributed by atoms with Crippen molar-refractivity contribution >= 4 is 35.1 Å². The fraction of sp³-hybridized carbons (Fsp3) is 0.545. The summed E-state index contributed by atoms with van der Waals surface area (Å²) < 4.78 is 9.75. The summed E-state index contributed by atoms with van der Waals surface area (Å²) in [5, 5.41) is 11.2. The number of allylic oxidation sites excluding steroid dienone is 1. The van der Waals surface area contributed by atoms with Crippen LogP contribution in [0.2, 0.25) is 5.02 Å². The number of benzene rings is 2. The van der Waals surface area contributed by atoms with Gasteiger partial charge in [-0.25, -0.2) is 0 Å². The van der Waals surface area contributed by atoms with Crippen molar-refractivity contribution in [2.75, 3.05) is 31.2 Å². The quantitative estimate of drug-likeness (QED) is 0.287. The van der Waals surface area contributed by atoms with Gasteiger partial charge in [0.1, 0.15) is 5.75 Å². The van der Waals surface area contributed by atoms with Crippen molar-refractivity contribution in [3.05, 3.63) is 64.7 Å². The van der Waals surface area contributed by atoms with Gasteiger partial charge in [0.2, 0.25) is 5.91 Å². The summed E-state index contributed by atoms with van der Waals surface area (Å²) in [6.45, 7) is 6.76. The zero-order valence-corrected chi connectivity index (χ0v) is 25.1. The number of nitrogens with zero attached hydrogens (tertiary/aromatic N) is 1. The van der Waals surface area contributed by atoms with Gasteiger partial charge in [0.15, 0.2) is 0 Å². The smallest absolute Gasteiger partial charge is 0.233 e. The molecular formula is C33H41ClN2O3S. The maximum Gasteiger partial charge on any atom is 0.233 e. The van der Waals surface area contributed by atoms with Crippen molar-refractivity contribution in [2.45, 2.75) is 62.7 Å². The van der Waals surface area contributed by atoms with Crippen molar-refractivity contribution in [1.82, 2.24) is 4.72 Å². The second-order valence-electron chi connectivity index (χ2n) is 12.6. The van der Waals surface area contributed by atoms with E-state index < -0.39 is 0 Å². The Morgan fingerprint density at radius 2 is 2.08 bits per heavy atom. The van der Waals surface area contributed by atoms with E-state index in [1.165, 1.54) is 29.5 Å². The third-order valence-electron chi connectivity index (χ3n) is 10.1. The van der Waals surface area contributed by atoms with Crippen LogP contribution in [0.4, 0.5) is 5.69 Å². The average molecular weight is 581 g/mol. The van der Waals surface area contributed by atoms with Gasteiger partial charge in [0.05, 0.1) is 12.3 Å². The van der Waals surface area contributed by atoms with E-state index in [9.17, 15) is 9.90 Å². The number of rotatable bonds is 1. The van der Waals surface area contributed by atoms with E-state index in [-0.39, 0.29) is 35.7 Å². The largest absolute Gasteiger partial charge is 0.490 e. The number of anilines is 1. The zero-order chi connectivity index (χ0) is 27.9. The van der Waals surface area contributed by atoms with Gasteiger partial charge in [-0.2, -0.15) is 0 Å². The molecule has 2 aromatic rings. The molecule has 6 rings (SSSR count). The lowest BCUT2D eigenvalue weighted by molar-refractivity contribution is -0.123. The van der Waals surface area contributed by atoms with E-state index in [4.69, 9.17) is 16.3 Å². The number of ether oxygens (including phenoxy) is 1. The Hall–Kier alpha value is -2.15. The van der Waals surface area contributed by atoms with Crippen LogP contribution in [0.15, 0.2) is 53.4 Å². The van der Waals surface area contributed by atoms with E-state index in [1.54, 1.807) is 0 Å². The molecular weight excluding hydrogens is 540 g/mol. The Balaban J connectivity index is 1.38. The third-order valence-corrected chi connectivity index (χ3v) is 11.2. The van der Waals surface area contributed by atoms with Crippen LogP contribution in [0.5, 0.6) is 5.75 Å². The zero-order valence-electron chi connectivity index (χ0n) is 23.6. The molecule has 1 amide bonds. The van der Waals surface area contributed by atoms with E-state index in [1.807, 2.05) is 13.0 Å². The first-order valence-electron chi connectivity index (χ1n) is 14.9. The van der Waals surface area contributed by atoms with Crippen LogP contribution in [0.1, 0.15) is 57.1 Å². The third kappa shape index (κ3) is 5.39. The number of hydrogen-bond acceptors (Lipinski definition) is 5. The van der Waals surface area contributed by atoms with Crippen LogP contribution in [-0.2, 0) is 16.6 Å². The highest BCUT2D eigenvalue weighted by Crippen LogP contribution is 2.48. The molecule has 2 bridgehead atoms. The van der Waals surface area contributed by atoms with Crippen LogP contribution in [0, 0.1) is 29.6 Å². The molecule has 40 heavy (non-hydrogen) atoms. The van der Waals surface area contributed by atoms with Crippen LogP contribution in [-0.4, -0.2) is 37.3 Å².